The van der Waals surface area contributed by atoms with Crippen LogP contribution in [0.25, 0.3) is 0 Å². The van der Waals surface area contributed by atoms with E-state index in [1.165, 1.54) is 6.07 Å². The first kappa shape index (κ1) is 12.2. The molecule has 3 rings (SSSR count). The van der Waals surface area contributed by atoms with Crippen LogP contribution in [0, 0.1) is 5.82 Å². The number of rotatable bonds is 5. The van der Waals surface area contributed by atoms with Crippen molar-refractivity contribution < 1.29 is 14.2 Å². The minimum atomic E-state index is -0.455. The standard InChI is InChI=1S/C14H15FN2O2/c15-13-3-1-2-10(7-18)14(13)19-8-12-6-16-9-17(12)11-4-5-11/h1-3,6,9,11,18H,4-5,7-8H2. The highest BCUT2D eigenvalue weighted by Gasteiger charge is 2.25. The number of benzene rings is 1. The Morgan fingerprint density at radius 3 is 3.00 bits per heavy atom. The van der Waals surface area contributed by atoms with Crippen molar-refractivity contribution in [2.24, 2.45) is 0 Å². The first-order valence-electron chi connectivity index (χ1n) is 6.31. The van der Waals surface area contributed by atoms with Crippen LogP contribution in [0.15, 0.2) is 30.7 Å². The second-order valence-corrected chi connectivity index (χ2v) is 4.70. The summed E-state index contributed by atoms with van der Waals surface area (Å²) in [5.74, 6) is -0.336. The third-order valence-corrected chi connectivity index (χ3v) is 3.27. The SMILES string of the molecule is OCc1cccc(F)c1OCc1cncn1C1CC1. The van der Waals surface area contributed by atoms with Crippen LogP contribution in [0.4, 0.5) is 4.39 Å². The molecule has 0 atom stereocenters. The van der Waals surface area contributed by atoms with Gasteiger partial charge in [-0.2, -0.15) is 0 Å². The van der Waals surface area contributed by atoms with Gasteiger partial charge in [-0.25, -0.2) is 9.37 Å². The largest absolute Gasteiger partial charge is 0.484 e. The molecule has 1 aromatic carbocycles. The van der Waals surface area contributed by atoms with E-state index in [1.807, 2.05) is 0 Å². The van der Waals surface area contributed by atoms with Crippen LogP contribution in [-0.4, -0.2) is 14.7 Å². The number of ether oxygens (including phenoxy) is 1. The molecule has 1 saturated carbocycles. The van der Waals surface area contributed by atoms with Gasteiger partial charge in [0.2, 0.25) is 0 Å². The van der Waals surface area contributed by atoms with E-state index in [9.17, 15) is 9.50 Å². The molecule has 2 aromatic rings. The number of hydrogen-bond donors (Lipinski definition) is 1. The van der Waals surface area contributed by atoms with Crippen molar-refractivity contribution in [3.63, 3.8) is 0 Å². The van der Waals surface area contributed by atoms with Gasteiger partial charge < -0.3 is 14.4 Å². The van der Waals surface area contributed by atoms with E-state index in [4.69, 9.17) is 4.74 Å². The zero-order valence-corrected chi connectivity index (χ0v) is 10.4. The Balaban J connectivity index is 1.77. The molecule has 5 heteroatoms. The van der Waals surface area contributed by atoms with Crippen LogP contribution < -0.4 is 4.74 Å². The molecule has 1 aliphatic rings. The van der Waals surface area contributed by atoms with Gasteiger partial charge in [-0.05, 0) is 18.9 Å². The first-order valence-corrected chi connectivity index (χ1v) is 6.31. The van der Waals surface area contributed by atoms with Crippen LogP contribution in [0.5, 0.6) is 5.75 Å². The number of halogens is 1. The van der Waals surface area contributed by atoms with Gasteiger partial charge in [0.1, 0.15) is 6.61 Å². The fourth-order valence-corrected chi connectivity index (χ4v) is 2.11. The molecule has 0 unspecified atom stereocenters. The summed E-state index contributed by atoms with van der Waals surface area (Å²) < 4.78 is 21.3. The summed E-state index contributed by atoms with van der Waals surface area (Å²) in [5.41, 5.74) is 1.38. The maximum Gasteiger partial charge on any atom is 0.165 e. The summed E-state index contributed by atoms with van der Waals surface area (Å²) in [6.45, 7) is 0.0133. The third kappa shape index (κ3) is 2.46. The lowest BCUT2D eigenvalue weighted by Crippen LogP contribution is -2.06. The molecule has 19 heavy (non-hydrogen) atoms. The smallest absolute Gasteiger partial charge is 0.165 e. The van der Waals surface area contributed by atoms with Gasteiger partial charge in [-0.1, -0.05) is 12.1 Å². The molecule has 4 nitrogen and oxygen atoms in total. The zero-order chi connectivity index (χ0) is 13.2. The topological polar surface area (TPSA) is 47.3 Å². The van der Waals surface area contributed by atoms with E-state index in [1.54, 1.807) is 24.7 Å². The van der Waals surface area contributed by atoms with E-state index < -0.39 is 5.82 Å². The Hall–Kier alpha value is -1.88. The highest BCUT2D eigenvalue weighted by atomic mass is 19.1. The van der Waals surface area contributed by atoms with Crippen LogP contribution in [0.3, 0.4) is 0 Å². The number of nitrogens with zero attached hydrogens (tertiary/aromatic N) is 2. The minimum absolute atomic E-state index is 0.119. The van der Waals surface area contributed by atoms with E-state index in [2.05, 4.69) is 9.55 Å². The Kier molecular flexibility index (Phi) is 3.21. The van der Waals surface area contributed by atoms with E-state index in [0.717, 1.165) is 18.5 Å². The molecule has 1 aromatic heterocycles. The van der Waals surface area contributed by atoms with Crippen molar-refractivity contribution in [1.82, 2.24) is 9.55 Å². The van der Waals surface area contributed by atoms with Gasteiger partial charge >= 0.3 is 0 Å². The summed E-state index contributed by atoms with van der Waals surface area (Å²) in [6, 6.07) is 5.05. The highest BCUT2D eigenvalue weighted by Crippen LogP contribution is 2.36. The molecule has 0 spiro atoms. The molecule has 1 heterocycles. The molecule has 0 saturated heterocycles. The summed E-state index contributed by atoms with van der Waals surface area (Å²) in [5, 5.41) is 9.19. The Labute approximate surface area is 110 Å². The van der Waals surface area contributed by atoms with Crippen LogP contribution in [-0.2, 0) is 13.2 Å². The molecule has 0 aliphatic heterocycles. The molecule has 1 N–H and O–H groups in total. The molecule has 0 amide bonds. The number of hydrogen-bond acceptors (Lipinski definition) is 3. The average Bonchev–Trinajstić information content (AvgIpc) is 3.16. The first-order chi connectivity index (χ1) is 9.29. The minimum Gasteiger partial charge on any atom is -0.484 e. The van der Waals surface area contributed by atoms with E-state index in [0.29, 0.717) is 11.6 Å². The van der Waals surface area contributed by atoms with Crippen LogP contribution in [0.1, 0.15) is 30.1 Å². The summed E-state index contributed by atoms with van der Waals surface area (Å²) >= 11 is 0. The molecule has 0 bridgehead atoms. The maximum atomic E-state index is 13.7. The molecular formula is C14H15FN2O2. The summed E-state index contributed by atoms with van der Waals surface area (Å²) in [6.07, 6.45) is 5.83. The number of aromatic nitrogens is 2. The number of imidazole rings is 1. The molecule has 100 valence electrons. The normalized spacial score (nSPS) is 14.6. The van der Waals surface area contributed by atoms with Crippen molar-refractivity contribution in [2.45, 2.75) is 32.1 Å². The quantitative estimate of drug-likeness (QED) is 0.900. The molecule has 1 aliphatic carbocycles. The zero-order valence-electron chi connectivity index (χ0n) is 10.4. The monoisotopic (exact) mass is 262 g/mol. The number of aliphatic hydroxyl groups is 1. The Morgan fingerprint density at radius 1 is 1.42 bits per heavy atom. The van der Waals surface area contributed by atoms with Crippen molar-refractivity contribution in [1.29, 1.82) is 0 Å². The third-order valence-electron chi connectivity index (χ3n) is 3.27. The van der Waals surface area contributed by atoms with Crippen molar-refractivity contribution in [3.05, 3.63) is 47.8 Å². The van der Waals surface area contributed by atoms with E-state index >= 15 is 0 Å². The Morgan fingerprint density at radius 2 is 2.26 bits per heavy atom. The fourth-order valence-electron chi connectivity index (χ4n) is 2.11. The molecular weight excluding hydrogens is 247 g/mol. The lowest BCUT2D eigenvalue weighted by atomic mass is 10.2. The van der Waals surface area contributed by atoms with Gasteiger partial charge in [0.15, 0.2) is 11.6 Å². The maximum absolute atomic E-state index is 13.7. The predicted octanol–water partition coefficient (Wildman–Crippen LogP) is 2.43. The van der Waals surface area contributed by atoms with Gasteiger partial charge in [0.25, 0.3) is 0 Å². The van der Waals surface area contributed by atoms with Crippen molar-refractivity contribution >= 4 is 0 Å². The van der Waals surface area contributed by atoms with Crippen molar-refractivity contribution in [2.75, 3.05) is 0 Å². The Bertz CT molecular complexity index is 579. The molecule has 1 fully saturated rings. The van der Waals surface area contributed by atoms with Crippen LogP contribution in [0.2, 0.25) is 0 Å². The fraction of sp³-hybridized carbons (Fsp3) is 0.357. The lowest BCUT2D eigenvalue weighted by Gasteiger charge is -2.12. The second-order valence-electron chi connectivity index (χ2n) is 4.70. The van der Waals surface area contributed by atoms with Gasteiger partial charge in [-0.15, -0.1) is 0 Å². The van der Waals surface area contributed by atoms with E-state index in [-0.39, 0.29) is 19.0 Å². The number of para-hydroxylation sites is 1. The average molecular weight is 262 g/mol. The molecule has 0 radical (unpaired) electrons. The predicted molar refractivity (Wildman–Crippen MR) is 67.2 cm³/mol. The summed E-state index contributed by atoms with van der Waals surface area (Å²) in [4.78, 5) is 4.10. The lowest BCUT2D eigenvalue weighted by molar-refractivity contribution is 0.247. The van der Waals surface area contributed by atoms with Gasteiger partial charge in [0.05, 0.1) is 24.8 Å². The van der Waals surface area contributed by atoms with Crippen LogP contribution >= 0.6 is 0 Å². The highest BCUT2D eigenvalue weighted by molar-refractivity contribution is 5.34. The van der Waals surface area contributed by atoms with Gasteiger partial charge in [0, 0.05) is 11.6 Å². The van der Waals surface area contributed by atoms with Gasteiger partial charge in [-0.3, -0.25) is 0 Å². The summed E-state index contributed by atoms with van der Waals surface area (Å²) in [7, 11) is 0. The number of aliphatic hydroxyl groups excluding tert-OH is 1. The van der Waals surface area contributed by atoms with Crippen molar-refractivity contribution in [3.8, 4) is 5.75 Å². The second kappa shape index (κ2) is 5.01.